The molecule has 0 spiro atoms. The van der Waals surface area contributed by atoms with E-state index in [1.165, 1.54) is 37.0 Å². The molecule has 22 heavy (non-hydrogen) atoms. The molecule has 0 aromatic heterocycles. The standard InChI is InChI=1S/C9H20NO.C2BF8/c1-3-10(9-11-4-2)7-5-6-8-10;4-1(5,2(6,7)8)3(9,10)11/h3-9H2,1-2H3;/q+1;-1. The number of alkyl halides is 5. The summed E-state index contributed by atoms with van der Waals surface area (Å²) in [6.45, 7) is 2.83. The fraction of sp³-hybridized carbons (Fsp3) is 1.00. The van der Waals surface area contributed by atoms with Crippen LogP contribution in [0.25, 0.3) is 0 Å². The van der Waals surface area contributed by atoms with E-state index in [4.69, 9.17) is 4.74 Å². The lowest BCUT2D eigenvalue weighted by Gasteiger charge is -2.32. The molecular formula is C11H20BF8NO. The predicted molar refractivity (Wildman–Crippen MR) is 66.3 cm³/mol. The summed E-state index contributed by atoms with van der Waals surface area (Å²) in [6.07, 6.45) is -3.77. The van der Waals surface area contributed by atoms with Crippen molar-refractivity contribution in [3.63, 3.8) is 0 Å². The van der Waals surface area contributed by atoms with Gasteiger partial charge in [-0.1, -0.05) is 0 Å². The van der Waals surface area contributed by atoms with Crippen molar-refractivity contribution in [1.82, 2.24) is 0 Å². The molecule has 1 saturated heterocycles. The molecule has 1 aliphatic heterocycles. The van der Waals surface area contributed by atoms with Crippen molar-refractivity contribution in [3.8, 4) is 0 Å². The van der Waals surface area contributed by atoms with Crippen LogP contribution in [-0.4, -0.2) is 56.4 Å². The number of hydrogen-bond donors (Lipinski definition) is 0. The van der Waals surface area contributed by atoms with Gasteiger partial charge in [0.15, 0.2) is 6.73 Å². The number of likely N-dealkylation sites (tertiary alicyclic amines) is 1. The van der Waals surface area contributed by atoms with Gasteiger partial charge < -0.3 is 22.2 Å². The van der Waals surface area contributed by atoms with Crippen molar-refractivity contribution in [2.75, 3.05) is 33.0 Å². The van der Waals surface area contributed by atoms with Crippen LogP contribution in [0.3, 0.4) is 0 Å². The average Bonchev–Trinajstić information content (AvgIpc) is 2.84. The minimum atomic E-state index is -7.21. The third-order valence-corrected chi connectivity index (χ3v) is 3.54. The van der Waals surface area contributed by atoms with Gasteiger partial charge in [-0.15, -0.1) is 0 Å². The maximum absolute atomic E-state index is 11.2. The minimum absolute atomic E-state index is 0.861. The zero-order valence-corrected chi connectivity index (χ0v) is 12.4. The van der Waals surface area contributed by atoms with Gasteiger partial charge in [0, 0.05) is 19.4 Å². The van der Waals surface area contributed by atoms with Crippen LogP contribution in [0.4, 0.5) is 34.9 Å². The Kier molecular flexibility index (Phi) is 7.60. The largest absolute Gasteiger partial charge is 0.558 e. The van der Waals surface area contributed by atoms with Gasteiger partial charge in [0.1, 0.15) is 0 Å². The average molecular weight is 345 g/mol. The summed E-state index contributed by atoms with van der Waals surface area (Å²) in [7, 11) is 0. The van der Waals surface area contributed by atoms with Crippen molar-refractivity contribution in [2.45, 2.75) is 38.7 Å². The normalized spacial score (nSPS) is 18.8. The van der Waals surface area contributed by atoms with Crippen molar-refractivity contribution in [1.29, 1.82) is 0 Å². The van der Waals surface area contributed by atoms with Gasteiger partial charge in [-0.3, -0.25) is 0 Å². The summed E-state index contributed by atoms with van der Waals surface area (Å²) in [6, 6.07) is 0. The van der Waals surface area contributed by atoms with Crippen LogP contribution in [0, 0.1) is 0 Å². The predicted octanol–water partition coefficient (Wildman–Crippen LogP) is 4.18. The summed E-state index contributed by atoms with van der Waals surface area (Å²) in [4.78, 5) is 0. The molecule has 1 rings (SSSR count). The molecule has 1 fully saturated rings. The molecule has 1 aliphatic rings. The Bertz CT molecular complexity index is 309. The lowest BCUT2D eigenvalue weighted by Crippen LogP contribution is -2.53. The maximum atomic E-state index is 11.2. The monoisotopic (exact) mass is 345 g/mol. The molecule has 1 heterocycles. The van der Waals surface area contributed by atoms with Crippen molar-refractivity contribution < 1.29 is 44.1 Å². The third kappa shape index (κ3) is 5.56. The Hall–Kier alpha value is -0.575. The molecule has 0 aliphatic carbocycles. The first-order valence-corrected chi connectivity index (χ1v) is 6.89. The topological polar surface area (TPSA) is 9.23 Å². The highest BCUT2D eigenvalue weighted by Gasteiger charge is 2.69. The number of hydrogen-bond acceptors (Lipinski definition) is 1. The number of ether oxygens (including phenoxy) is 1. The quantitative estimate of drug-likeness (QED) is 0.413. The Morgan fingerprint density at radius 1 is 0.955 bits per heavy atom. The highest BCUT2D eigenvalue weighted by Crippen LogP contribution is 2.43. The van der Waals surface area contributed by atoms with Gasteiger partial charge in [-0.25, -0.2) is 8.78 Å². The highest BCUT2D eigenvalue weighted by molar-refractivity contribution is 6.61. The first kappa shape index (κ1) is 21.4. The van der Waals surface area contributed by atoms with E-state index in [9.17, 15) is 34.9 Å². The smallest absolute Gasteiger partial charge is 0.445 e. The Labute approximate surface area is 124 Å². The van der Waals surface area contributed by atoms with Crippen molar-refractivity contribution in [3.05, 3.63) is 0 Å². The molecule has 0 N–H and O–H groups in total. The van der Waals surface area contributed by atoms with Gasteiger partial charge in [0.2, 0.25) is 0 Å². The summed E-state index contributed by atoms with van der Waals surface area (Å²) in [5.74, 6) is -6.56. The second kappa shape index (κ2) is 7.80. The Morgan fingerprint density at radius 3 is 1.64 bits per heavy atom. The van der Waals surface area contributed by atoms with E-state index in [2.05, 4.69) is 13.8 Å². The van der Waals surface area contributed by atoms with Crippen LogP contribution in [0.5, 0.6) is 0 Å². The second-order valence-corrected chi connectivity index (χ2v) is 5.13. The van der Waals surface area contributed by atoms with Gasteiger partial charge in [0.25, 0.3) is 0 Å². The van der Waals surface area contributed by atoms with Gasteiger partial charge >= 0.3 is 19.0 Å². The molecule has 0 radical (unpaired) electrons. The molecule has 0 bridgehead atoms. The van der Waals surface area contributed by atoms with E-state index < -0.39 is 19.0 Å². The summed E-state index contributed by atoms with van der Waals surface area (Å²) >= 11 is 0. The fourth-order valence-electron chi connectivity index (χ4n) is 2.01. The molecule has 11 heteroatoms. The van der Waals surface area contributed by atoms with Crippen LogP contribution < -0.4 is 0 Å². The van der Waals surface area contributed by atoms with E-state index in [-0.39, 0.29) is 0 Å². The van der Waals surface area contributed by atoms with Gasteiger partial charge in [0.05, 0.1) is 19.6 Å². The molecule has 0 aromatic carbocycles. The van der Waals surface area contributed by atoms with Gasteiger partial charge in [-0.2, -0.15) is 13.2 Å². The van der Waals surface area contributed by atoms with Crippen molar-refractivity contribution >= 4 is 6.98 Å². The molecule has 0 atom stereocenters. The third-order valence-electron chi connectivity index (χ3n) is 3.54. The lowest BCUT2D eigenvalue weighted by atomic mass is 9.80. The highest BCUT2D eigenvalue weighted by atomic mass is 19.4. The number of quaternary nitrogens is 1. The molecule has 0 amide bonds. The second-order valence-electron chi connectivity index (χ2n) is 5.13. The van der Waals surface area contributed by atoms with Crippen LogP contribution >= 0.6 is 0 Å². The summed E-state index contributed by atoms with van der Waals surface area (Å²) in [5, 5.41) is 0. The number of rotatable bonds is 5. The fourth-order valence-corrected chi connectivity index (χ4v) is 2.01. The van der Waals surface area contributed by atoms with E-state index in [1.807, 2.05) is 0 Å². The molecule has 2 nitrogen and oxygen atoms in total. The first-order chi connectivity index (χ1) is 9.83. The van der Waals surface area contributed by atoms with E-state index in [0.717, 1.165) is 13.3 Å². The van der Waals surface area contributed by atoms with Crippen LogP contribution in [0.2, 0.25) is 0 Å². The minimum Gasteiger partial charge on any atom is -0.445 e. The van der Waals surface area contributed by atoms with E-state index in [0.29, 0.717) is 0 Å². The van der Waals surface area contributed by atoms with E-state index in [1.54, 1.807) is 0 Å². The Morgan fingerprint density at radius 2 is 1.41 bits per heavy atom. The number of halogens is 8. The van der Waals surface area contributed by atoms with Gasteiger partial charge in [-0.05, 0) is 13.8 Å². The maximum Gasteiger partial charge on any atom is 0.558 e. The SMILES string of the molecule is CCOC[N+]1(CC)CCCC1.F[B-](F)(F)C(F)(F)C(F)(F)F. The molecular weight excluding hydrogens is 325 g/mol. The van der Waals surface area contributed by atoms with Crippen LogP contribution in [0.1, 0.15) is 26.7 Å². The summed E-state index contributed by atoms with van der Waals surface area (Å²) in [5.41, 5.74) is 0. The number of nitrogens with zero attached hydrogens (tertiary/aromatic N) is 1. The summed E-state index contributed by atoms with van der Waals surface area (Å²) < 4.78 is 94.5. The lowest BCUT2D eigenvalue weighted by molar-refractivity contribution is -0.933. The van der Waals surface area contributed by atoms with Crippen molar-refractivity contribution in [2.24, 2.45) is 0 Å². The zero-order chi connectivity index (χ0) is 17.7. The molecule has 0 aromatic rings. The molecule has 0 saturated carbocycles. The molecule has 0 unspecified atom stereocenters. The zero-order valence-electron chi connectivity index (χ0n) is 12.4. The molecule has 134 valence electrons. The van der Waals surface area contributed by atoms with E-state index >= 15 is 0 Å². The van der Waals surface area contributed by atoms with Crippen LogP contribution in [-0.2, 0) is 4.74 Å². The first-order valence-electron chi connectivity index (χ1n) is 6.89. The Balaban J connectivity index is 0.000000401. The van der Waals surface area contributed by atoms with Crippen LogP contribution in [0.15, 0.2) is 0 Å².